The summed E-state index contributed by atoms with van der Waals surface area (Å²) in [6, 6.07) is 6.51. The lowest BCUT2D eigenvalue weighted by Crippen LogP contribution is -2.22. The highest BCUT2D eigenvalue weighted by Gasteiger charge is 2.08. The number of hydrogen-bond acceptors (Lipinski definition) is 2. The number of aryl methyl sites for hydroxylation is 1. The molecule has 0 amide bonds. The fraction of sp³-hybridized carbons (Fsp3) is 0.571. The first-order valence-electron chi connectivity index (χ1n) is 6.06. The molecule has 2 heteroatoms. The molecule has 2 nitrogen and oxygen atoms in total. The van der Waals surface area contributed by atoms with Gasteiger partial charge in [0, 0.05) is 6.04 Å². The maximum atomic E-state index is 6.11. The summed E-state index contributed by atoms with van der Waals surface area (Å²) in [6.07, 6.45) is 4.41. The van der Waals surface area contributed by atoms with E-state index in [0.717, 1.165) is 18.6 Å². The van der Waals surface area contributed by atoms with E-state index in [4.69, 9.17) is 10.5 Å². The topological polar surface area (TPSA) is 35.2 Å². The summed E-state index contributed by atoms with van der Waals surface area (Å²) < 4.78 is 5.35. The van der Waals surface area contributed by atoms with E-state index in [1.54, 1.807) is 7.11 Å². The van der Waals surface area contributed by atoms with Crippen LogP contribution >= 0.6 is 0 Å². The van der Waals surface area contributed by atoms with Crippen molar-refractivity contribution in [3.63, 3.8) is 0 Å². The molecule has 0 aliphatic carbocycles. The molecular formula is C14H23NO. The predicted molar refractivity (Wildman–Crippen MR) is 68.9 cm³/mol. The van der Waals surface area contributed by atoms with E-state index in [2.05, 4.69) is 26.0 Å². The Hall–Kier alpha value is -1.02. The molecule has 0 fully saturated rings. The second kappa shape index (κ2) is 6.54. The normalized spacial score (nSPS) is 12.5. The van der Waals surface area contributed by atoms with Gasteiger partial charge in [-0.2, -0.15) is 0 Å². The molecular weight excluding hydrogens is 198 g/mol. The lowest BCUT2D eigenvalue weighted by molar-refractivity contribution is 0.406. The maximum absolute atomic E-state index is 6.11. The van der Waals surface area contributed by atoms with Crippen molar-refractivity contribution in [1.29, 1.82) is 0 Å². The third kappa shape index (κ3) is 3.86. The molecule has 2 N–H and O–H groups in total. The van der Waals surface area contributed by atoms with Crippen molar-refractivity contribution in [1.82, 2.24) is 0 Å². The van der Waals surface area contributed by atoms with Crippen LogP contribution < -0.4 is 10.5 Å². The van der Waals surface area contributed by atoms with Crippen molar-refractivity contribution >= 4 is 0 Å². The third-order valence-corrected chi connectivity index (χ3v) is 2.85. The van der Waals surface area contributed by atoms with Gasteiger partial charge in [0.25, 0.3) is 0 Å². The molecule has 0 radical (unpaired) electrons. The molecule has 0 saturated carbocycles. The van der Waals surface area contributed by atoms with Gasteiger partial charge in [-0.1, -0.05) is 37.5 Å². The molecule has 90 valence electrons. The van der Waals surface area contributed by atoms with Crippen molar-refractivity contribution < 1.29 is 4.74 Å². The van der Waals surface area contributed by atoms with Gasteiger partial charge >= 0.3 is 0 Å². The predicted octanol–water partition coefficient (Wildman–Crippen LogP) is 3.06. The molecule has 1 aromatic carbocycles. The first-order valence-corrected chi connectivity index (χ1v) is 6.06. The minimum Gasteiger partial charge on any atom is -0.496 e. The number of benzene rings is 1. The van der Waals surface area contributed by atoms with Crippen LogP contribution in [0.25, 0.3) is 0 Å². The van der Waals surface area contributed by atoms with Crippen LogP contribution in [0, 0.1) is 6.92 Å². The molecule has 0 aliphatic heterocycles. The standard InChI is InChI=1S/C14H23NO/c1-4-5-6-13(15)10-12-9-11(2)7-8-14(12)16-3/h7-9,13H,4-6,10,15H2,1-3H3. The van der Waals surface area contributed by atoms with Gasteiger partial charge in [0.15, 0.2) is 0 Å². The largest absolute Gasteiger partial charge is 0.496 e. The van der Waals surface area contributed by atoms with Crippen LogP contribution in [0.15, 0.2) is 18.2 Å². The quantitative estimate of drug-likeness (QED) is 0.801. The summed E-state index contributed by atoms with van der Waals surface area (Å²) in [5.74, 6) is 0.956. The van der Waals surface area contributed by atoms with E-state index in [9.17, 15) is 0 Å². The Morgan fingerprint density at radius 1 is 1.38 bits per heavy atom. The SMILES string of the molecule is CCCCC(N)Cc1cc(C)ccc1OC. The second-order valence-corrected chi connectivity index (χ2v) is 4.42. The number of unbranched alkanes of at least 4 members (excludes halogenated alkanes) is 1. The van der Waals surface area contributed by atoms with Crippen molar-refractivity contribution in [3.8, 4) is 5.75 Å². The summed E-state index contributed by atoms with van der Waals surface area (Å²) in [7, 11) is 1.71. The molecule has 0 spiro atoms. The zero-order valence-corrected chi connectivity index (χ0v) is 10.6. The van der Waals surface area contributed by atoms with Gasteiger partial charge in [-0.3, -0.25) is 0 Å². The van der Waals surface area contributed by atoms with Gasteiger partial charge in [-0.15, -0.1) is 0 Å². The number of rotatable bonds is 6. The Labute approximate surface area is 98.8 Å². The first kappa shape index (κ1) is 13.0. The summed E-state index contributed by atoms with van der Waals surface area (Å²) >= 11 is 0. The van der Waals surface area contributed by atoms with E-state index < -0.39 is 0 Å². The van der Waals surface area contributed by atoms with Gasteiger partial charge in [-0.05, 0) is 31.4 Å². The fourth-order valence-corrected chi connectivity index (χ4v) is 1.92. The second-order valence-electron chi connectivity index (χ2n) is 4.42. The van der Waals surface area contributed by atoms with Gasteiger partial charge in [0.1, 0.15) is 5.75 Å². The summed E-state index contributed by atoms with van der Waals surface area (Å²) in [5, 5.41) is 0. The Morgan fingerprint density at radius 2 is 2.12 bits per heavy atom. The minimum absolute atomic E-state index is 0.246. The number of ether oxygens (including phenoxy) is 1. The van der Waals surface area contributed by atoms with E-state index >= 15 is 0 Å². The molecule has 0 aliphatic rings. The van der Waals surface area contributed by atoms with Gasteiger partial charge in [0.2, 0.25) is 0 Å². The number of methoxy groups -OCH3 is 1. The van der Waals surface area contributed by atoms with Crippen LogP contribution in [-0.4, -0.2) is 13.2 Å². The Balaban J connectivity index is 2.67. The molecule has 0 aromatic heterocycles. The average molecular weight is 221 g/mol. The molecule has 1 unspecified atom stereocenters. The number of nitrogens with two attached hydrogens (primary N) is 1. The lowest BCUT2D eigenvalue weighted by atomic mass is 10.00. The van der Waals surface area contributed by atoms with Crippen LogP contribution in [0.1, 0.15) is 37.3 Å². The van der Waals surface area contributed by atoms with E-state index in [1.165, 1.54) is 24.0 Å². The third-order valence-electron chi connectivity index (χ3n) is 2.85. The zero-order chi connectivity index (χ0) is 12.0. The van der Waals surface area contributed by atoms with E-state index in [0.29, 0.717) is 0 Å². The van der Waals surface area contributed by atoms with E-state index in [1.807, 2.05) is 6.07 Å². The highest BCUT2D eigenvalue weighted by Crippen LogP contribution is 2.21. The van der Waals surface area contributed by atoms with Gasteiger partial charge in [0.05, 0.1) is 7.11 Å². The monoisotopic (exact) mass is 221 g/mol. The maximum Gasteiger partial charge on any atom is 0.122 e. The van der Waals surface area contributed by atoms with Gasteiger partial charge < -0.3 is 10.5 Å². The van der Waals surface area contributed by atoms with Crippen LogP contribution in [0.2, 0.25) is 0 Å². The fourth-order valence-electron chi connectivity index (χ4n) is 1.92. The lowest BCUT2D eigenvalue weighted by Gasteiger charge is -2.14. The molecule has 0 bridgehead atoms. The van der Waals surface area contributed by atoms with Crippen LogP contribution in [0.5, 0.6) is 5.75 Å². The molecule has 1 aromatic rings. The molecule has 0 heterocycles. The van der Waals surface area contributed by atoms with Crippen LogP contribution in [-0.2, 0) is 6.42 Å². The van der Waals surface area contributed by atoms with Crippen molar-refractivity contribution in [2.24, 2.45) is 5.73 Å². The molecule has 1 rings (SSSR count). The van der Waals surface area contributed by atoms with Crippen molar-refractivity contribution in [2.75, 3.05) is 7.11 Å². The Kier molecular flexibility index (Phi) is 5.33. The summed E-state index contributed by atoms with van der Waals surface area (Å²) in [6.45, 7) is 4.29. The minimum atomic E-state index is 0.246. The van der Waals surface area contributed by atoms with Crippen molar-refractivity contribution in [3.05, 3.63) is 29.3 Å². The highest BCUT2D eigenvalue weighted by molar-refractivity contribution is 5.37. The van der Waals surface area contributed by atoms with Crippen LogP contribution in [0.3, 0.4) is 0 Å². The Bertz CT molecular complexity index is 323. The summed E-state index contributed by atoms with van der Waals surface area (Å²) in [5.41, 5.74) is 8.60. The molecule has 1 atom stereocenters. The first-order chi connectivity index (χ1) is 7.67. The highest BCUT2D eigenvalue weighted by atomic mass is 16.5. The van der Waals surface area contributed by atoms with E-state index in [-0.39, 0.29) is 6.04 Å². The zero-order valence-electron chi connectivity index (χ0n) is 10.6. The average Bonchev–Trinajstić information content (AvgIpc) is 2.27. The van der Waals surface area contributed by atoms with Gasteiger partial charge in [-0.25, -0.2) is 0 Å². The summed E-state index contributed by atoms with van der Waals surface area (Å²) in [4.78, 5) is 0. The smallest absolute Gasteiger partial charge is 0.122 e. The molecule has 0 saturated heterocycles. The number of hydrogen-bond donors (Lipinski definition) is 1. The molecule has 16 heavy (non-hydrogen) atoms. The van der Waals surface area contributed by atoms with Crippen molar-refractivity contribution in [2.45, 2.75) is 45.6 Å². The van der Waals surface area contributed by atoms with Crippen LogP contribution in [0.4, 0.5) is 0 Å². The Morgan fingerprint density at radius 3 is 2.75 bits per heavy atom.